The molecule has 1 unspecified atom stereocenters. The van der Waals surface area contributed by atoms with Crippen molar-refractivity contribution in [3.8, 4) is 5.75 Å². The predicted molar refractivity (Wildman–Crippen MR) is 107 cm³/mol. The summed E-state index contributed by atoms with van der Waals surface area (Å²) in [6.45, 7) is 2.42. The molecule has 0 saturated carbocycles. The zero-order valence-electron chi connectivity index (χ0n) is 15.0. The molecule has 2 aromatic carbocycles. The van der Waals surface area contributed by atoms with E-state index in [1.54, 1.807) is 12.1 Å². The third-order valence-corrected chi connectivity index (χ3v) is 4.99. The monoisotopic (exact) mass is 360 g/mol. The summed E-state index contributed by atoms with van der Waals surface area (Å²) in [5.74, 6) is 0.263. The average molecular weight is 361 g/mol. The number of thioether (sulfide) groups is 1. The predicted octanol–water partition coefficient (Wildman–Crippen LogP) is 3.65. The highest BCUT2D eigenvalue weighted by atomic mass is 32.2. The van der Waals surface area contributed by atoms with Gasteiger partial charge in [-0.15, -0.1) is 11.8 Å². The second-order valence-corrected chi connectivity index (χ2v) is 6.96. The van der Waals surface area contributed by atoms with E-state index in [9.17, 15) is 10.2 Å². The molecule has 1 atom stereocenters. The molecule has 0 saturated heterocycles. The lowest BCUT2D eigenvalue weighted by Crippen LogP contribution is -2.24. The Labute approximate surface area is 154 Å². The van der Waals surface area contributed by atoms with E-state index in [1.165, 1.54) is 17.4 Å². The lowest BCUT2D eigenvalue weighted by atomic mass is 10.1. The number of nitrogens with zero attached hydrogens (tertiary/aromatic N) is 1. The smallest absolute Gasteiger partial charge is 0.129 e. The van der Waals surface area contributed by atoms with Gasteiger partial charge in [0, 0.05) is 30.7 Å². The maximum absolute atomic E-state index is 10.3. The van der Waals surface area contributed by atoms with Gasteiger partial charge in [0.15, 0.2) is 0 Å². The van der Waals surface area contributed by atoms with Gasteiger partial charge < -0.3 is 20.4 Å². The number of hydrogen-bond acceptors (Lipinski definition) is 5. The first kappa shape index (κ1) is 19.6. The zero-order chi connectivity index (χ0) is 18.1. The largest absolute Gasteiger partial charge is 0.507 e. The number of benzene rings is 2. The highest BCUT2D eigenvalue weighted by molar-refractivity contribution is 7.98. The zero-order valence-corrected chi connectivity index (χ0v) is 15.8. The third-order valence-electron chi connectivity index (χ3n) is 4.22. The minimum Gasteiger partial charge on any atom is -0.507 e. The molecule has 0 aromatic heterocycles. The van der Waals surface area contributed by atoms with Gasteiger partial charge in [0.1, 0.15) is 5.75 Å². The van der Waals surface area contributed by atoms with Crippen LogP contribution in [0.1, 0.15) is 24.5 Å². The first-order valence-electron chi connectivity index (χ1n) is 8.63. The number of aliphatic hydroxyl groups excluding tert-OH is 1. The van der Waals surface area contributed by atoms with Crippen LogP contribution in [0.2, 0.25) is 0 Å². The Bertz CT molecular complexity index is 637. The number of para-hydroxylation sites is 1. The molecular weight excluding hydrogens is 332 g/mol. The van der Waals surface area contributed by atoms with Crippen molar-refractivity contribution in [1.29, 1.82) is 0 Å². The standard InChI is InChI=1S/C20H28N2O2S/c1-22(17-8-4-3-5-9-17)13-7-6-12-21-15-19(24)16-10-11-18(23)20(14-16)25-2/h3-5,8-11,14,19,21,23-24H,6-7,12-13,15H2,1-2H3. The van der Waals surface area contributed by atoms with Gasteiger partial charge in [-0.1, -0.05) is 24.3 Å². The molecule has 0 bridgehead atoms. The van der Waals surface area contributed by atoms with Gasteiger partial charge in [0.2, 0.25) is 0 Å². The molecule has 136 valence electrons. The number of rotatable bonds is 10. The molecule has 0 heterocycles. The van der Waals surface area contributed by atoms with Crippen molar-refractivity contribution in [1.82, 2.24) is 5.32 Å². The number of aliphatic hydroxyl groups is 1. The van der Waals surface area contributed by atoms with Crippen LogP contribution in [0.25, 0.3) is 0 Å². The maximum Gasteiger partial charge on any atom is 0.129 e. The Balaban J connectivity index is 1.64. The van der Waals surface area contributed by atoms with Crippen LogP contribution < -0.4 is 10.2 Å². The molecule has 0 spiro atoms. The summed E-state index contributed by atoms with van der Waals surface area (Å²) >= 11 is 1.48. The number of nitrogens with one attached hydrogen (secondary N) is 1. The molecule has 4 nitrogen and oxygen atoms in total. The van der Waals surface area contributed by atoms with Crippen LogP contribution in [0.3, 0.4) is 0 Å². The fraction of sp³-hybridized carbons (Fsp3) is 0.400. The molecular formula is C20H28N2O2S. The molecule has 0 aliphatic carbocycles. The van der Waals surface area contributed by atoms with E-state index in [4.69, 9.17) is 0 Å². The van der Waals surface area contributed by atoms with E-state index in [1.807, 2.05) is 18.4 Å². The highest BCUT2D eigenvalue weighted by Gasteiger charge is 2.10. The van der Waals surface area contributed by atoms with E-state index in [0.717, 1.165) is 36.4 Å². The van der Waals surface area contributed by atoms with Crippen molar-refractivity contribution in [3.63, 3.8) is 0 Å². The molecule has 25 heavy (non-hydrogen) atoms. The Kier molecular flexibility index (Phi) is 8.12. The molecule has 0 aliphatic rings. The lowest BCUT2D eigenvalue weighted by molar-refractivity contribution is 0.174. The van der Waals surface area contributed by atoms with Crippen LogP contribution in [0.15, 0.2) is 53.4 Å². The SMILES string of the molecule is CSc1cc(C(O)CNCCCCN(C)c2ccccc2)ccc1O. The number of hydrogen-bond donors (Lipinski definition) is 3. The second-order valence-electron chi connectivity index (χ2n) is 6.12. The average Bonchev–Trinajstić information content (AvgIpc) is 2.65. The van der Waals surface area contributed by atoms with Crippen molar-refractivity contribution >= 4 is 17.4 Å². The van der Waals surface area contributed by atoms with Crippen LogP contribution in [-0.2, 0) is 0 Å². The summed E-state index contributed by atoms with van der Waals surface area (Å²) in [5, 5.41) is 23.3. The van der Waals surface area contributed by atoms with Crippen molar-refractivity contribution in [2.24, 2.45) is 0 Å². The fourth-order valence-electron chi connectivity index (χ4n) is 2.67. The quantitative estimate of drug-likeness (QED) is 0.446. The van der Waals surface area contributed by atoms with Gasteiger partial charge >= 0.3 is 0 Å². The normalized spacial score (nSPS) is 12.1. The molecule has 0 amide bonds. The topological polar surface area (TPSA) is 55.7 Å². The van der Waals surface area contributed by atoms with Crippen molar-refractivity contribution in [2.75, 3.05) is 37.8 Å². The van der Waals surface area contributed by atoms with E-state index in [-0.39, 0.29) is 5.75 Å². The molecule has 3 N–H and O–H groups in total. The van der Waals surface area contributed by atoms with E-state index < -0.39 is 6.10 Å². The van der Waals surface area contributed by atoms with Gasteiger partial charge in [0.05, 0.1) is 6.10 Å². The summed E-state index contributed by atoms with van der Waals surface area (Å²) in [4.78, 5) is 3.05. The lowest BCUT2D eigenvalue weighted by Gasteiger charge is -2.19. The summed E-state index contributed by atoms with van der Waals surface area (Å²) in [6, 6.07) is 15.6. The van der Waals surface area contributed by atoms with Crippen molar-refractivity contribution < 1.29 is 10.2 Å². The van der Waals surface area contributed by atoms with Crippen molar-refractivity contribution in [2.45, 2.75) is 23.8 Å². The number of phenolic OH excluding ortho intramolecular Hbond substituents is 1. The van der Waals surface area contributed by atoms with Gasteiger partial charge in [-0.3, -0.25) is 0 Å². The molecule has 2 rings (SSSR count). The Morgan fingerprint density at radius 1 is 1.12 bits per heavy atom. The van der Waals surface area contributed by atoms with Gasteiger partial charge in [-0.25, -0.2) is 0 Å². The highest BCUT2D eigenvalue weighted by Crippen LogP contribution is 2.29. The van der Waals surface area contributed by atoms with Crippen LogP contribution in [0, 0.1) is 0 Å². The summed E-state index contributed by atoms with van der Waals surface area (Å²) in [7, 11) is 2.11. The van der Waals surface area contributed by atoms with Gasteiger partial charge in [-0.2, -0.15) is 0 Å². The molecule has 2 aromatic rings. The van der Waals surface area contributed by atoms with Crippen LogP contribution in [0.5, 0.6) is 5.75 Å². The molecule has 0 radical (unpaired) electrons. The third kappa shape index (κ3) is 6.27. The summed E-state index contributed by atoms with van der Waals surface area (Å²) in [6.07, 6.45) is 3.52. The minimum absolute atomic E-state index is 0.263. The second kappa shape index (κ2) is 10.3. The first-order chi connectivity index (χ1) is 12.1. The Hall–Kier alpha value is -1.69. The molecule has 0 fully saturated rings. The fourth-order valence-corrected chi connectivity index (χ4v) is 3.20. The summed E-state index contributed by atoms with van der Waals surface area (Å²) < 4.78 is 0. The van der Waals surface area contributed by atoms with E-state index in [2.05, 4.69) is 41.5 Å². The summed E-state index contributed by atoms with van der Waals surface area (Å²) in [5.41, 5.74) is 2.07. The number of phenols is 1. The number of aromatic hydroxyl groups is 1. The minimum atomic E-state index is -0.557. The van der Waals surface area contributed by atoms with Crippen LogP contribution in [0.4, 0.5) is 5.69 Å². The molecule has 5 heteroatoms. The first-order valence-corrected chi connectivity index (χ1v) is 9.86. The number of anilines is 1. The molecule has 0 aliphatic heterocycles. The van der Waals surface area contributed by atoms with Gasteiger partial charge in [-0.05, 0) is 55.5 Å². The van der Waals surface area contributed by atoms with Gasteiger partial charge in [0.25, 0.3) is 0 Å². The Morgan fingerprint density at radius 3 is 2.60 bits per heavy atom. The maximum atomic E-state index is 10.3. The van der Waals surface area contributed by atoms with E-state index >= 15 is 0 Å². The van der Waals surface area contributed by atoms with Crippen molar-refractivity contribution in [3.05, 3.63) is 54.1 Å². The Morgan fingerprint density at radius 2 is 1.88 bits per heavy atom. The van der Waals surface area contributed by atoms with Crippen LogP contribution >= 0.6 is 11.8 Å². The van der Waals surface area contributed by atoms with E-state index in [0.29, 0.717) is 6.54 Å². The van der Waals surface area contributed by atoms with Crippen LogP contribution in [-0.4, -0.2) is 43.2 Å². The number of unbranched alkanes of at least 4 members (excludes halogenated alkanes) is 1.